The van der Waals surface area contributed by atoms with E-state index in [1.807, 2.05) is 0 Å². The molecule has 0 heterocycles. The lowest BCUT2D eigenvalue weighted by molar-refractivity contribution is 0.601. The standard InChI is InChI=1S/C17H19FN4O2S4.2BrH/c1-28(23,24)13-3-5-15(11(7-13)9-26-17(21)22)27-14-4-2-12(18)6-10(14)8-25-16(19)20;;/h2-7H,8-9H2,1H3,(H3,19,20)(H3,21,22);2*1H. The number of amidine groups is 2. The van der Waals surface area contributed by atoms with E-state index < -0.39 is 9.84 Å². The van der Waals surface area contributed by atoms with Crippen molar-refractivity contribution >= 4 is 89.4 Å². The minimum Gasteiger partial charge on any atom is -0.379 e. The Morgan fingerprint density at radius 2 is 1.40 bits per heavy atom. The van der Waals surface area contributed by atoms with Crippen LogP contribution in [0.4, 0.5) is 4.39 Å². The molecule has 0 aromatic heterocycles. The molecule has 0 aliphatic rings. The number of hydrogen-bond donors (Lipinski definition) is 4. The van der Waals surface area contributed by atoms with Gasteiger partial charge in [-0.15, -0.1) is 34.0 Å². The number of rotatable bonds is 7. The first-order valence-electron chi connectivity index (χ1n) is 7.79. The molecule has 2 aromatic carbocycles. The van der Waals surface area contributed by atoms with E-state index in [4.69, 9.17) is 22.3 Å². The maximum absolute atomic E-state index is 13.7. The topological polar surface area (TPSA) is 134 Å². The summed E-state index contributed by atoms with van der Waals surface area (Å²) in [5, 5.41) is 14.6. The van der Waals surface area contributed by atoms with Gasteiger partial charge in [-0.25, -0.2) is 12.8 Å². The first kappa shape index (κ1) is 29.3. The fourth-order valence-electron chi connectivity index (χ4n) is 2.19. The summed E-state index contributed by atoms with van der Waals surface area (Å²) in [7, 11) is -3.38. The summed E-state index contributed by atoms with van der Waals surface area (Å²) in [5.41, 5.74) is 12.2. The van der Waals surface area contributed by atoms with E-state index in [9.17, 15) is 12.8 Å². The summed E-state index contributed by atoms with van der Waals surface area (Å²) in [6.45, 7) is 0. The van der Waals surface area contributed by atoms with Crippen molar-refractivity contribution in [2.24, 2.45) is 11.5 Å². The van der Waals surface area contributed by atoms with Gasteiger partial charge in [0.2, 0.25) is 0 Å². The van der Waals surface area contributed by atoms with Crippen LogP contribution in [0.15, 0.2) is 51.1 Å². The number of thioether (sulfide) groups is 2. The molecule has 6 N–H and O–H groups in total. The molecule has 0 radical (unpaired) electrons. The van der Waals surface area contributed by atoms with Crippen LogP contribution in [0.3, 0.4) is 0 Å². The van der Waals surface area contributed by atoms with Gasteiger partial charge in [-0.05, 0) is 47.5 Å². The minimum atomic E-state index is -3.38. The fourth-order valence-corrected chi connectivity index (χ4v) is 5.18. The van der Waals surface area contributed by atoms with E-state index >= 15 is 0 Å². The SMILES string of the molecule is Br.Br.CS(=O)(=O)c1ccc(Sc2ccc(F)cc2CSC(=N)N)c(CSC(=N)N)c1. The molecule has 0 aliphatic carbocycles. The predicted molar refractivity (Wildman–Crippen MR) is 137 cm³/mol. The highest BCUT2D eigenvalue weighted by Gasteiger charge is 2.14. The van der Waals surface area contributed by atoms with Gasteiger partial charge >= 0.3 is 0 Å². The van der Waals surface area contributed by atoms with Crippen molar-refractivity contribution in [2.75, 3.05) is 6.26 Å². The smallest absolute Gasteiger partial charge is 0.175 e. The predicted octanol–water partition coefficient (Wildman–Crippen LogP) is 4.79. The third kappa shape index (κ3) is 9.18. The zero-order valence-electron chi connectivity index (χ0n) is 15.7. The van der Waals surface area contributed by atoms with Crippen LogP contribution in [-0.4, -0.2) is 25.0 Å². The fraction of sp³-hybridized carbons (Fsp3) is 0.176. The second-order valence-corrected chi connectivity index (χ2v) is 10.8. The van der Waals surface area contributed by atoms with E-state index in [0.29, 0.717) is 22.6 Å². The highest BCUT2D eigenvalue weighted by molar-refractivity contribution is 8.93. The van der Waals surface area contributed by atoms with Crippen LogP contribution < -0.4 is 11.5 Å². The molecule has 0 aliphatic heterocycles. The normalized spacial score (nSPS) is 10.6. The van der Waals surface area contributed by atoms with Crippen molar-refractivity contribution in [3.8, 4) is 0 Å². The van der Waals surface area contributed by atoms with Gasteiger partial charge in [-0.2, -0.15) is 0 Å². The Kier molecular flexibility index (Phi) is 12.6. The first-order chi connectivity index (χ1) is 13.1. The van der Waals surface area contributed by atoms with Crippen molar-refractivity contribution < 1.29 is 12.8 Å². The van der Waals surface area contributed by atoms with Gasteiger partial charge in [0.25, 0.3) is 0 Å². The summed E-state index contributed by atoms with van der Waals surface area (Å²) in [4.78, 5) is 1.74. The third-order valence-electron chi connectivity index (χ3n) is 3.47. The quantitative estimate of drug-likeness (QED) is 0.259. The van der Waals surface area contributed by atoms with Crippen molar-refractivity contribution in [1.82, 2.24) is 0 Å². The number of benzene rings is 2. The lowest BCUT2D eigenvalue weighted by Gasteiger charge is -2.13. The molecule has 0 bridgehead atoms. The highest BCUT2D eigenvalue weighted by Crippen LogP contribution is 2.37. The monoisotopic (exact) mass is 618 g/mol. The largest absolute Gasteiger partial charge is 0.379 e. The minimum absolute atomic E-state index is 0. The Morgan fingerprint density at radius 3 is 1.87 bits per heavy atom. The molecule has 0 spiro atoms. The maximum Gasteiger partial charge on any atom is 0.175 e. The molecule has 13 heteroatoms. The first-order valence-corrected chi connectivity index (χ1v) is 12.5. The zero-order valence-corrected chi connectivity index (χ0v) is 22.4. The van der Waals surface area contributed by atoms with Crippen molar-refractivity contribution in [1.29, 1.82) is 10.8 Å². The number of halogens is 3. The Balaban J connectivity index is 0.00000420. The van der Waals surface area contributed by atoms with Gasteiger partial charge in [0.1, 0.15) is 5.82 Å². The third-order valence-corrected chi connectivity index (χ3v) is 7.35. The molecule has 6 nitrogen and oxygen atoms in total. The average Bonchev–Trinajstić information content (AvgIpc) is 2.59. The number of nitrogens with one attached hydrogen (secondary N) is 2. The highest BCUT2D eigenvalue weighted by atomic mass is 79.9. The summed E-state index contributed by atoms with van der Waals surface area (Å²) in [6.07, 6.45) is 1.13. The summed E-state index contributed by atoms with van der Waals surface area (Å²) in [5.74, 6) is 0.289. The molecule has 0 saturated heterocycles. The lowest BCUT2D eigenvalue weighted by atomic mass is 10.2. The van der Waals surface area contributed by atoms with Crippen LogP contribution in [0, 0.1) is 16.6 Å². The Bertz CT molecular complexity index is 1020. The molecule has 0 fully saturated rings. The van der Waals surface area contributed by atoms with Crippen LogP contribution in [0.1, 0.15) is 11.1 Å². The van der Waals surface area contributed by atoms with Crippen LogP contribution in [0.25, 0.3) is 0 Å². The van der Waals surface area contributed by atoms with Gasteiger partial charge in [-0.1, -0.05) is 35.3 Å². The molecule has 2 rings (SSSR count). The van der Waals surface area contributed by atoms with Crippen LogP contribution in [0.5, 0.6) is 0 Å². The Hall–Kier alpha value is -0.730. The maximum atomic E-state index is 13.7. The number of sulfone groups is 1. The molecule has 0 saturated carbocycles. The molecule has 0 amide bonds. The average molecular weight is 620 g/mol. The van der Waals surface area contributed by atoms with Gasteiger partial charge in [0.15, 0.2) is 20.2 Å². The molecular formula is C17H21Br2FN4O2S4. The van der Waals surface area contributed by atoms with E-state index in [2.05, 4.69) is 0 Å². The van der Waals surface area contributed by atoms with Gasteiger partial charge in [0, 0.05) is 27.6 Å². The van der Waals surface area contributed by atoms with Crippen molar-refractivity contribution in [3.05, 3.63) is 53.3 Å². The molecular weight excluding hydrogens is 599 g/mol. The molecule has 2 aromatic rings. The van der Waals surface area contributed by atoms with Gasteiger partial charge < -0.3 is 11.5 Å². The van der Waals surface area contributed by atoms with E-state index in [-0.39, 0.29) is 55.0 Å². The molecule has 30 heavy (non-hydrogen) atoms. The summed E-state index contributed by atoms with van der Waals surface area (Å²) in [6, 6.07) is 9.17. The van der Waals surface area contributed by atoms with E-state index in [0.717, 1.165) is 39.6 Å². The molecule has 166 valence electrons. The Labute approximate surface area is 209 Å². The zero-order chi connectivity index (χ0) is 20.9. The van der Waals surface area contributed by atoms with Gasteiger partial charge in [-0.3, -0.25) is 10.8 Å². The van der Waals surface area contributed by atoms with Gasteiger partial charge in [0.05, 0.1) is 4.90 Å². The van der Waals surface area contributed by atoms with Crippen LogP contribution >= 0.6 is 69.2 Å². The van der Waals surface area contributed by atoms with Crippen LogP contribution in [-0.2, 0) is 21.3 Å². The lowest BCUT2D eigenvalue weighted by Crippen LogP contribution is -2.05. The molecule has 0 atom stereocenters. The summed E-state index contributed by atoms with van der Waals surface area (Å²) >= 11 is 3.55. The summed E-state index contributed by atoms with van der Waals surface area (Å²) < 4.78 is 37.4. The number of hydrogen-bond acceptors (Lipinski definition) is 7. The van der Waals surface area contributed by atoms with Crippen molar-refractivity contribution in [2.45, 2.75) is 26.2 Å². The van der Waals surface area contributed by atoms with Crippen LogP contribution in [0.2, 0.25) is 0 Å². The Morgan fingerprint density at radius 1 is 0.933 bits per heavy atom. The van der Waals surface area contributed by atoms with E-state index in [1.165, 1.54) is 30.0 Å². The van der Waals surface area contributed by atoms with Crippen molar-refractivity contribution in [3.63, 3.8) is 0 Å². The molecule has 0 unspecified atom stereocenters. The second kappa shape index (κ2) is 13.0. The van der Waals surface area contributed by atoms with E-state index in [1.54, 1.807) is 18.2 Å². The second-order valence-electron chi connectivity index (χ2n) is 5.70. The number of nitrogens with two attached hydrogens (primary N) is 2.